The molecule has 0 bridgehead atoms. The minimum absolute atomic E-state index is 0.293. The highest BCUT2D eigenvalue weighted by Crippen LogP contribution is 2.44. The summed E-state index contributed by atoms with van der Waals surface area (Å²) in [7, 11) is -1.61. The second-order valence-corrected chi connectivity index (χ2v) is 9.22. The molecule has 0 fully saturated rings. The van der Waals surface area contributed by atoms with Crippen LogP contribution in [0.1, 0.15) is 27.7 Å². The molecule has 0 unspecified atom stereocenters. The highest BCUT2D eigenvalue weighted by Gasteiger charge is 2.43. The lowest BCUT2D eigenvalue weighted by atomic mass is 9.99. The molecule has 0 aromatic heterocycles. The molecule has 0 N–H and O–H groups in total. The zero-order valence-electron chi connectivity index (χ0n) is 9.27. The van der Waals surface area contributed by atoms with Crippen molar-refractivity contribution in [1.82, 2.24) is 0 Å². The van der Waals surface area contributed by atoms with Gasteiger partial charge in [-0.2, -0.15) is 0 Å². The molecule has 0 radical (unpaired) electrons. The third-order valence-corrected chi connectivity index (χ3v) is 7.81. The van der Waals surface area contributed by atoms with Gasteiger partial charge < -0.3 is 4.43 Å². The molecule has 0 aliphatic heterocycles. The first-order valence-corrected chi connectivity index (χ1v) is 7.45. The van der Waals surface area contributed by atoms with Gasteiger partial charge in [0.1, 0.15) is 0 Å². The van der Waals surface area contributed by atoms with E-state index in [9.17, 15) is 0 Å². The van der Waals surface area contributed by atoms with Crippen LogP contribution < -0.4 is 0 Å². The Morgan fingerprint density at radius 2 is 1.75 bits per heavy atom. The molecule has 0 saturated heterocycles. The summed E-state index contributed by atoms with van der Waals surface area (Å²) in [6, 6.07) is 0. The van der Waals surface area contributed by atoms with Gasteiger partial charge in [0.25, 0.3) is 0 Å². The van der Waals surface area contributed by atoms with Crippen LogP contribution in [0, 0.1) is 5.92 Å². The van der Waals surface area contributed by atoms with Crippen molar-refractivity contribution in [3.8, 4) is 0 Å². The molecule has 0 aromatic rings. The zero-order valence-corrected chi connectivity index (χ0v) is 10.3. The average molecular weight is 186 g/mol. The fourth-order valence-corrected chi connectivity index (χ4v) is 3.17. The van der Waals surface area contributed by atoms with Crippen LogP contribution in [-0.2, 0) is 4.43 Å². The van der Waals surface area contributed by atoms with Gasteiger partial charge in [-0.15, -0.1) is 0 Å². The molecule has 2 heteroatoms. The molecule has 0 aliphatic carbocycles. The Bertz CT molecular complexity index is 159. The Hall–Kier alpha value is -0.243. The Morgan fingerprint density at radius 3 is 2.00 bits per heavy atom. The Labute approximate surface area is 78.0 Å². The Morgan fingerprint density at radius 1 is 1.33 bits per heavy atom. The smallest absolute Gasteiger partial charge is 0.250 e. The summed E-state index contributed by atoms with van der Waals surface area (Å²) in [6.07, 6.45) is 1.59. The lowest BCUT2D eigenvalue weighted by Gasteiger charge is -2.41. The first-order valence-electron chi connectivity index (χ1n) is 4.54. The van der Waals surface area contributed by atoms with Gasteiger partial charge in [0.15, 0.2) is 0 Å². The van der Waals surface area contributed by atoms with Crippen molar-refractivity contribution in [1.29, 1.82) is 0 Å². The van der Waals surface area contributed by atoms with E-state index in [1.807, 2.05) is 0 Å². The van der Waals surface area contributed by atoms with Gasteiger partial charge >= 0.3 is 0 Å². The molecule has 0 atom stereocenters. The summed E-state index contributed by atoms with van der Waals surface area (Å²) in [4.78, 5) is 0. The van der Waals surface area contributed by atoms with Crippen LogP contribution in [0.25, 0.3) is 0 Å². The fraction of sp³-hybridized carbons (Fsp3) is 0.800. The minimum atomic E-state index is -1.61. The molecule has 0 saturated carbocycles. The quantitative estimate of drug-likeness (QED) is 0.479. The molecule has 0 rings (SSSR count). The van der Waals surface area contributed by atoms with Gasteiger partial charge in [0.2, 0.25) is 8.32 Å². The van der Waals surface area contributed by atoms with Crippen molar-refractivity contribution in [2.45, 2.75) is 45.8 Å². The van der Waals surface area contributed by atoms with E-state index in [0.717, 1.165) is 0 Å². The zero-order chi connectivity index (χ0) is 9.99. The van der Waals surface area contributed by atoms with E-state index in [2.05, 4.69) is 47.4 Å². The van der Waals surface area contributed by atoms with Crippen molar-refractivity contribution in [3.05, 3.63) is 12.8 Å². The maximum absolute atomic E-state index is 5.66. The largest absolute Gasteiger partial charge is 0.550 e. The van der Waals surface area contributed by atoms with Gasteiger partial charge in [-0.1, -0.05) is 34.3 Å². The van der Waals surface area contributed by atoms with Crippen LogP contribution in [0.2, 0.25) is 18.1 Å². The van der Waals surface area contributed by atoms with Crippen LogP contribution in [0.3, 0.4) is 0 Å². The molecule has 72 valence electrons. The second-order valence-electron chi connectivity index (χ2n) is 4.67. The summed E-state index contributed by atoms with van der Waals surface area (Å²) in [5.41, 5.74) is 0. The van der Waals surface area contributed by atoms with Crippen LogP contribution >= 0.6 is 0 Å². The van der Waals surface area contributed by atoms with Crippen molar-refractivity contribution in [2.24, 2.45) is 5.92 Å². The lowest BCUT2D eigenvalue weighted by molar-refractivity contribution is 0.365. The Balaban J connectivity index is 4.61. The first kappa shape index (κ1) is 11.8. The van der Waals surface area contributed by atoms with Crippen LogP contribution in [-0.4, -0.2) is 8.32 Å². The molecular formula is C10H22OSi. The SMILES string of the molecule is C=CO[Si](C)(C)C(C)(C)C(C)C. The molecule has 1 nitrogen and oxygen atoms in total. The van der Waals surface area contributed by atoms with Crippen molar-refractivity contribution < 1.29 is 4.43 Å². The standard InChI is InChI=1S/C10H22OSi/c1-8-11-12(6,7)10(4,5)9(2)3/h8-9H,1H2,2-7H3. The lowest BCUT2D eigenvalue weighted by Crippen LogP contribution is -2.43. The second kappa shape index (κ2) is 3.65. The van der Waals surface area contributed by atoms with Gasteiger partial charge in [-0.25, -0.2) is 0 Å². The highest BCUT2D eigenvalue weighted by molar-refractivity contribution is 6.74. The van der Waals surface area contributed by atoms with E-state index in [1.165, 1.54) is 0 Å². The summed E-state index contributed by atoms with van der Waals surface area (Å²) < 4.78 is 5.66. The topological polar surface area (TPSA) is 9.23 Å². The van der Waals surface area contributed by atoms with Crippen molar-refractivity contribution >= 4 is 8.32 Å². The van der Waals surface area contributed by atoms with E-state index in [-0.39, 0.29) is 0 Å². The van der Waals surface area contributed by atoms with Crippen LogP contribution in [0.15, 0.2) is 12.8 Å². The van der Waals surface area contributed by atoms with E-state index >= 15 is 0 Å². The van der Waals surface area contributed by atoms with E-state index in [0.29, 0.717) is 11.0 Å². The van der Waals surface area contributed by atoms with Crippen LogP contribution in [0.4, 0.5) is 0 Å². The molecule has 0 heterocycles. The molecule has 0 aromatic carbocycles. The van der Waals surface area contributed by atoms with Crippen LogP contribution in [0.5, 0.6) is 0 Å². The maximum atomic E-state index is 5.66. The van der Waals surface area contributed by atoms with Gasteiger partial charge in [-0.3, -0.25) is 0 Å². The Kier molecular flexibility index (Phi) is 3.57. The third-order valence-electron chi connectivity index (χ3n) is 3.37. The summed E-state index contributed by atoms with van der Waals surface area (Å²) in [6.45, 7) is 17.2. The summed E-state index contributed by atoms with van der Waals surface area (Å²) in [5.74, 6) is 0.652. The molecular weight excluding hydrogens is 164 g/mol. The van der Waals surface area contributed by atoms with E-state index < -0.39 is 8.32 Å². The minimum Gasteiger partial charge on any atom is -0.550 e. The number of rotatable bonds is 4. The predicted octanol–water partition coefficient (Wildman–Crippen LogP) is 3.79. The van der Waals surface area contributed by atoms with Crippen molar-refractivity contribution in [2.75, 3.05) is 0 Å². The average Bonchev–Trinajstić information content (AvgIpc) is 1.86. The van der Waals surface area contributed by atoms with Gasteiger partial charge in [-0.05, 0) is 24.1 Å². The molecule has 0 spiro atoms. The third kappa shape index (κ3) is 2.13. The summed E-state index contributed by atoms with van der Waals surface area (Å²) >= 11 is 0. The van der Waals surface area contributed by atoms with E-state index in [1.54, 1.807) is 6.26 Å². The monoisotopic (exact) mass is 186 g/mol. The molecule has 0 aliphatic rings. The fourth-order valence-electron chi connectivity index (χ4n) is 1.06. The highest BCUT2D eigenvalue weighted by atomic mass is 28.4. The maximum Gasteiger partial charge on any atom is 0.250 e. The van der Waals surface area contributed by atoms with Gasteiger partial charge in [0, 0.05) is 0 Å². The first-order chi connectivity index (χ1) is 5.25. The molecule has 0 amide bonds. The van der Waals surface area contributed by atoms with Gasteiger partial charge in [0.05, 0.1) is 6.26 Å². The number of hydrogen-bond donors (Lipinski definition) is 0. The summed E-state index contributed by atoms with van der Waals surface area (Å²) in [5, 5.41) is 0.293. The van der Waals surface area contributed by atoms with E-state index in [4.69, 9.17) is 4.43 Å². The normalized spacial score (nSPS) is 13.2. The predicted molar refractivity (Wildman–Crippen MR) is 57.6 cm³/mol. The number of hydrogen-bond acceptors (Lipinski definition) is 1. The van der Waals surface area contributed by atoms with Crippen molar-refractivity contribution in [3.63, 3.8) is 0 Å². The molecule has 12 heavy (non-hydrogen) atoms.